The molecule has 0 aromatic heterocycles. The molecule has 3 rings (SSSR count). The first kappa shape index (κ1) is 18.9. The summed E-state index contributed by atoms with van der Waals surface area (Å²) in [7, 11) is -3.60. The Labute approximate surface area is 157 Å². The van der Waals surface area contributed by atoms with Gasteiger partial charge in [-0.3, -0.25) is 9.69 Å². The number of benzene rings is 1. The minimum Gasteiger partial charge on any atom is -0.368 e. The number of hydrogen-bond donors (Lipinski definition) is 1. The van der Waals surface area contributed by atoms with Crippen molar-refractivity contribution in [3.63, 3.8) is 0 Å². The van der Waals surface area contributed by atoms with Crippen LogP contribution in [0.1, 0.15) is 25.7 Å². The molecule has 1 aromatic carbocycles. The number of sulfonamides is 1. The molecular weight excluding hydrogens is 385 g/mol. The second-order valence-electron chi connectivity index (χ2n) is 6.51. The molecule has 2 saturated heterocycles. The van der Waals surface area contributed by atoms with Gasteiger partial charge in [0.15, 0.2) is 0 Å². The molecule has 25 heavy (non-hydrogen) atoms. The number of rotatable bonds is 4. The van der Waals surface area contributed by atoms with E-state index < -0.39 is 10.0 Å². The number of nitrogens with zero attached hydrogens (tertiary/aromatic N) is 2. The van der Waals surface area contributed by atoms with Gasteiger partial charge in [0.05, 0.1) is 21.0 Å². The maximum atomic E-state index is 12.8. The Hall–Kier alpha value is -0.860. The Morgan fingerprint density at radius 1 is 1.08 bits per heavy atom. The monoisotopic (exact) mass is 405 g/mol. The molecule has 0 saturated carbocycles. The van der Waals surface area contributed by atoms with E-state index in [1.54, 1.807) is 0 Å². The predicted molar refractivity (Wildman–Crippen MR) is 97.2 cm³/mol. The second kappa shape index (κ2) is 7.40. The maximum Gasteiger partial charge on any atom is 0.243 e. The Balaban J connectivity index is 1.69. The Morgan fingerprint density at radius 2 is 1.76 bits per heavy atom. The molecule has 6 nitrogen and oxygen atoms in total. The lowest BCUT2D eigenvalue weighted by Gasteiger charge is -2.38. The molecule has 1 unspecified atom stereocenters. The van der Waals surface area contributed by atoms with Crippen molar-refractivity contribution in [3.05, 3.63) is 28.2 Å². The molecule has 2 aliphatic heterocycles. The largest absolute Gasteiger partial charge is 0.368 e. The lowest BCUT2D eigenvalue weighted by molar-refractivity contribution is -0.123. The van der Waals surface area contributed by atoms with Crippen LogP contribution in [0.4, 0.5) is 0 Å². The zero-order valence-electron chi connectivity index (χ0n) is 13.7. The van der Waals surface area contributed by atoms with Gasteiger partial charge in [-0.2, -0.15) is 4.31 Å². The summed E-state index contributed by atoms with van der Waals surface area (Å²) in [5, 5.41) is 0.546. The lowest BCUT2D eigenvalue weighted by Crippen LogP contribution is -2.51. The van der Waals surface area contributed by atoms with E-state index in [2.05, 4.69) is 4.90 Å². The van der Waals surface area contributed by atoms with E-state index in [1.807, 2.05) is 0 Å². The van der Waals surface area contributed by atoms with Crippen molar-refractivity contribution in [2.75, 3.05) is 19.6 Å². The molecule has 2 N–H and O–H groups in total. The average Bonchev–Trinajstić information content (AvgIpc) is 3.07. The van der Waals surface area contributed by atoms with Crippen LogP contribution in [0.5, 0.6) is 0 Å². The first-order chi connectivity index (χ1) is 11.8. The molecule has 2 heterocycles. The van der Waals surface area contributed by atoms with Crippen molar-refractivity contribution in [3.8, 4) is 0 Å². The fourth-order valence-electron chi connectivity index (χ4n) is 3.73. The topological polar surface area (TPSA) is 83.7 Å². The zero-order valence-corrected chi connectivity index (χ0v) is 16.0. The van der Waals surface area contributed by atoms with Crippen LogP contribution >= 0.6 is 23.2 Å². The third kappa shape index (κ3) is 3.80. The highest BCUT2D eigenvalue weighted by molar-refractivity contribution is 7.89. The van der Waals surface area contributed by atoms with Crippen molar-refractivity contribution in [2.45, 2.75) is 42.7 Å². The lowest BCUT2D eigenvalue weighted by atomic mass is 10.0. The number of carbonyl (C=O) groups is 1. The first-order valence-electron chi connectivity index (χ1n) is 8.31. The molecule has 0 radical (unpaired) electrons. The summed E-state index contributed by atoms with van der Waals surface area (Å²) in [6.07, 6.45) is 3.11. The van der Waals surface area contributed by atoms with Crippen molar-refractivity contribution in [1.82, 2.24) is 9.21 Å². The molecule has 0 aliphatic carbocycles. The maximum absolute atomic E-state index is 12.8. The Kier molecular flexibility index (Phi) is 5.60. The standard InChI is InChI=1S/C16H21Cl2N3O3S/c17-13-4-3-12(10-14(13)18)25(23,24)20-8-5-11(6-9-20)21-7-1-2-15(21)16(19)22/h3-4,10-11,15H,1-2,5-9H2,(H2,19,22). The zero-order chi connectivity index (χ0) is 18.2. The van der Waals surface area contributed by atoms with Crippen molar-refractivity contribution in [1.29, 1.82) is 0 Å². The molecule has 1 amide bonds. The van der Waals surface area contributed by atoms with E-state index in [0.717, 1.165) is 19.4 Å². The fraction of sp³-hybridized carbons (Fsp3) is 0.562. The minimum atomic E-state index is -3.60. The highest BCUT2D eigenvalue weighted by atomic mass is 35.5. The second-order valence-corrected chi connectivity index (χ2v) is 9.26. The third-order valence-corrected chi connectivity index (χ3v) is 7.68. The fourth-order valence-corrected chi connectivity index (χ4v) is 5.59. The summed E-state index contributed by atoms with van der Waals surface area (Å²) in [6, 6.07) is 4.32. The van der Waals surface area contributed by atoms with Crippen LogP contribution in [0.25, 0.3) is 0 Å². The van der Waals surface area contributed by atoms with E-state index in [-0.39, 0.29) is 27.9 Å². The van der Waals surface area contributed by atoms with Crippen molar-refractivity contribution in [2.24, 2.45) is 5.73 Å². The molecule has 0 spiro atoms. The van der Waals surface area contributed by atoms with Gasteiger partial charge in [0, 0.05) is 19.1 Å². The molecule has 1 aromatic rings. The van der Waals surface area contributed by atoms with Crippen LogP contribution in [0.2, 0.25) is 10.0 Å². The van der Waals surface area contributed by atoms with Crippen LogP contribution in [0.3, 0.4) is 0 Å². The summed E-state index contributed by atoms with van der Waals surface area (Å²) in [5.74, 6) is -0.289. The van der Waals surface area contributed by atoms with Crippen LogP contribution < -0.4 is 5.73 Å². The highest BCUT2D eigenvalue weighted by Gasteiger charge is 2.37. The van der Waals surface area contributed by atoms with E-state index in [1.165, 1.54) is 22.5 Å². The smallest absolute Gasteiger partial charge is 0.243 e. The van der Waals surface area contributed by atoms with Gasteiger partial charge in [0.25, 0.3) is 0 Å². The van der Waals surface area contributed by atoms with Crippen LogP contribution in [0.15, 0.2) is 23.1 Å². The molecule has 1 atom stereocenters. The Bertz CT molecular complexity index is 764. The van der Waals surface area contributed by atoms with E-state index >= 15 is 0 Å². The summed E-state index contributed by atoms with van der Waals surface area (Å²) in [5.41, 5.74) is 5.48. The first-order valence-corrected chi connectivity index (χ1v) is 10.5. The van der Waals surface area contributed by atoms with Gasteiger partial charge in [-0.05, 0) is 50.4 Å². The van der Waals surface area contributed by atoms with Gasteiger partial charge >= 0.3 is 0 Å². The van der Waals surface area contributed by atoms with Crippen molar-refractivity contribution >= 4 is 39.1 Å². The quantitative estimate of drug-likeness (QED) is 0.830. The van der Waals surface area contributed by atoms with Crippen LogP contribution in [-0.4, -0.2) is 55.2 Å². The van der Waals surface area contributed by atoms with Gasteiger partial charge < -0.3 is 5.73 Å². The molecule has 2 fully saturated rings. The molecule has 2 aliphatic rings. The average molecular weight is 406 g/mol. The minimum absolute atomic E-state index is 0.150. The number of carbonyl (C=O) groups excluding carboxylic acids is 1. The Morgan fingerprint density at radius 3 is 2.36 bits per heavy atom. The van der Waals surface area contributed by atoms with Gasteiger partial charge in [-0.1, -0.05) is 23.2 Å². The summed E-state index contributed by atoms with van der Waals surface area (Å²) >= 11 is 11.8. The number of nitrogens with two attached hydrogens (primary N) is 1. The molecule has 0 bridgehead atoms. The van der Waals surface area contributed by atoms with Crippen LogP contribution in [-0.2, 0) is 14.8 Å². The van der Waals surface area contributed by atoms with Gasteiger partial charge in [-0.25, -0.2) is 8.42 Å². The normalized spacial score (nSPS) is 23.8. The molecular formula is C16H21Cl2N3O3S. The summed E-state index contributed by atoms with van der Waals surface area (Å²) in [6.45, 7) is 1.67. The number of likely N-dealkylation sites (tertiary alicyclic amines) is 1. The number of halogens is 2. The van der Waals surface area contributed by atoms with Crippen LogP contribution in [0, 0.1) is 0 Å². The number of primary amides is 1. The SMILES string of the molecule is NC(=O)C1CCCN1C1CCN(S(=O)(=O)c2ccc(Cl)c(Cl)c2)CC1. The summed E-state index contributed by atoms with van der Waals surface area (Å²) < 4.78 is 27.0. The van der Waals surface area contributed by atoms with E-state index in [9.17, 15) is 13.2 Å². The van der Waals surface area contributed by atoms with Crippen molar-refractivity contribution < 1.29 is 13.2 Å². The van der Waals surface area contributed by atoms with E-state index in [4.69, 9.17) is 28.9 Å². The number of amides is 1. The van der Waals surface area contributed by atoms with Gasteiger partial charge in [0.2, 0.25) is 15.9 Å². The molecule has 138 valence electrons. The highest BCUT2D eigenvalue weighted by Crippen LogP contribution is 2.30. The summed E-state index contributed by atoms with van der Waals surface area (Å²) in [4.78, 5) is 13.9. The van der Waals surface area contributed by atoms with Gasteiger partial charge in [0.1, 0.15) is 0 Å². The predicted octanol–water partition coefficient (Wildman–Crippen LogP) is 2.10. The number of hydrogen-bond acceptors (Lipinski definition) is 4. The molecule has 9 heteroatoms. The number of piperidine rings is 1. The third-order valence-electron chi connectivity index (χ3n) is 5.04. The van der Waals surface area contributed by atoms with E-state index in [0.29, 0.717) is 31.0 Å². The van der Waals surface area contributed by atoms with Gasteiger partial charge in [-0.15, -0.1) is 0 Å².